The molecule has 0 radical (unpaired) electrons. The summed E-state index contributed by atoms with van der Waals surface area (Å²) in [6.07, 6.45) is 7.02. The van der Waals surface area contributed by atoms with Crippen molar-refractivity contribution in [2.24, 2.45) is 0 Å². The van der Waals surface area contributed by atoms with E-state index in [2.05, 4.69) is 44.3 Å². The summed E-state index contributed by atoms with van der Waals surface area (Å²) >= 11 is 6.13. The minimum Gasteiger partial charge on any atom is -0.382 e. The summed E-state index contributed by atoms with van der Waals surface area (Å²) in [5, 5.41) is 3.82. The van der Waals surface area contributed by atoms with E-state index in [4.69, 9.17) is 27.1 Å². The highest BCUT2D eigenvalue weighted by atomic mass is 35.5. The Kier molecular flexibility index (Phi) is 7.69. The maximum Gasteiger partial charge on any atom is 0.264 e. The van der Waals surface area contributed by atoms with E-state index in [0.717, 1.165) is 55.1 Å². The highest BCUT2D eigenvalue weighted by Crippen LogP contribution is 2.37. The predicted octanol–water partition coefficient (Wildman–Crippen LogP) is 5.18. The number of fused-ring (bicyclic) bond motifs is 1. The van der Waals surface area contributed by atoms with E-state index in [9.17, 15) is 8.42 Å². The van der Waals surface area contributed by atoms with Gasteiger partial charge in [-0.2, -0.15) is 0 Å². The fraction of sp³-hybridized carbons (Fsp3) is 0.367. The molecule has 42 heavy (non-hydrogen) atoms. The summed E-state index contributed by atoms with van der Waals surface area (Å²) in [5.74, 6) is 1.54. The maximum atomic E-state index is 13.0. The van der Waals surface area contributed by atoms with Crippen LogP contribution in [-0.2, 0) is 14.8 Å². The number of benzene rings is 1. The minimum absolute atomic E-state index is 0.0144. The lowest BCUT2D eigenvalue weighted by molar-refractivity contribution is -0.0103. The lowest BCUT2D eigenvalue weighted by atomic mass is 9.92. The van der Waals surface area contributed by atoms with Crippen LogP contribution < -0.4 is 15.8 Å². The first-order valence-electron chi connectivity index (χ1n) is 14.1. The number of rotatable bonds is 8. The van der Waals surface area contributed by atoms with Crippen LogP contribution in [0.25, 0.3) is 22.3 Å². The molecule has 10 nitrogen and oxygen atoms in total. The molecule has 1 fully saturated rings. The summed E-state index contributed by atoms with van der Waals surface area (Å²) in [5.41, 5.74) is 11.4. The van der Waals surface area contributed by atoms with Crippen LogP contribution in [0.1, 0.15) is 56.2 Å². The van der Waals surface area contributed by atoms with Crippen LogP contribution >= 0.6 is 11.6 Å². The Morgan fingerprint density at radius 1 is 1.12 bits per heavy atom. The Balaban J connectivity index is 1.36. The third-order valence-corrected chi connectivity index (χ3v) is 9.64. The van der Waals surface area contributed by atoms with Crippen molar-refractivity contribution in [3.63, 3.8) is 0 Å². The molecule has 0 saturated carbocycles. The number of anilines is 2. The van der Waals surface area contributed by atoms with Crippen LogP contribution in [0.5, 0.6) is 0 Å². The predicted molar refractivity (Wildman–Crippen MR) is 165 cm³/mol. The minimum atomic E-state index is -3.93. The molecule has 1 atom stereocenters. The fourth-order valence-electron chi connectivity index (χ4n) is 5.58. The summed E-state index contributed by atoms with van der Waals surface area (Å²) < 4.78 is 35.9. The molecule has 0 bridgehead atoms. The van der Waals surface area contributed by atoms with Gasteiger partial charge in [0, 0.05) is 23.2 Å². The first-order valence-corrected chi connectivity index (χ1v) is 15.9. The number of ether oxygens (including phenoxy) is 1. The summed E-state index contributed by atoms with van der Waals surface area (Å²) in [6, 6.07) is 10.6. The van der Waals surface area contributed by atoms with Gasteiger partial charge in [-0.1, -0.05) is 43.7 Å². The van der Waals surface area contributed by atoms with Crippen molar-refractivity contribution < 1.29 is 13.2 Å². The molecule has 12 heteroatoms. The molecule has 4 aromatic rings. The molecule has 1 saturated heterocycles. The van der Waals surface area contributed by atoms with Gasteiger partial charge in [-0.15, -0.1) is 0 Å². The largest absolute Gasteiger partial charge is 0.382 e. The molecule has 0 amide bonds. The number of sulfonamides is 1. The smallest absolute Gasteiger partial charge is 0.264 e. The normalized spacial score (nSPS) is 17.8. The number of halogens is 1. The Morgan fingerprint density at radius 2 is 1.90 bits per heavy atom. The molecule has 4 heterocycles. The molecule has 2 aliphatic rings. The SMILES string of the molecule is Cc1nc(NS(=O)(=O)c2ccccc2Cl)ccc1-c1nc(C(C)C)n2c(C3=CC[C@@H](NC4COC4)CC3)cnc(N)c12. The van der Waals surface area contributed by atoms with Crippen LogP contribution in [0.3, 0.4) is 0 Å². The van der Waals surface area contributed by atoms with E-state index in [1.54, 1.807) is 18.2 Å². The molecule has 3 aromatic heterocycles. The number of nitrogen functional groups attached to an aromatic ring is 1. The van der Waals surface area contributed by atoms with Gasteiger partial charge >= 0.3 is 0 Å². The van der Waals surface area contributed by atoms with Crippen LogP contribution in [-0.4, -0.2) is 53.1 Å². The Bertz CT molecular complexity index is 1800. The fourth-order valence-corrected chi connectivity index (χ4v) is 7.10. The Labute approximate surface area is 250 Å². The maximum absolute atomic E-state index is 13.0. The van der Waals surface area contributed by atoms with Gasteiger partial charge < -0.3 is 15.8 Å². The summed E-state index contributed by atoms with van der Waals surface area (Å²) in [4.78, 5) is 14.2. The zero-order chi connectivity index (χ0) is 29.6. The van der Waals surface area contributed by atoms with E-state index < -0.39 is 10.0 Å². The second-order valence-electron chi connectivity index (χ2n) is 11.2. The monoisotopic (exact) mass is 607 g/mol. The molecular weight excluding hydrogens is 574 g/mol. The molecular formula is C30H34ClN7O3S. The van der Waals surface area contributed by atoms with Crippen LogP contribution in [0.2, 0.25) is 5.02 Å². The van der Waals surface area contributed by atoms with Crippen molar-refractivity contribution in [3.05, 3.63) is 70.9 Å². The first-order chi connectivity index (χ1) is 20.1. The number of nitrogens with one attached hydrogen (secondary N) is 2. The van der Waals surface area contributed by atoms with Crippen LogP contribution in [0.4, 0.5) is 11.6 Å². The second-order valence-corrected chi connectivity index (χ2v) is 13.2. The molecule has 0 unspecified atom stereocenters. The van der Waals surface area contributed by atoms with Crippen molar-refractivity contribution in [2.45, 2.75) is 62.9 Å². The third-order valence-electron chi connectivity index (χ3n) is 7.78. The number of hydrogen-bond donors (Lipinski definition) is 3. The van der Waals surface area contributed by atoms with E-state index >= 15 is 0 Å². The zero-order valence-corrected chi connectivity index (χ0v) is 25.3. The van der Waals surface area contributed by atoms with Crippen LogP contribution in [0, 0.1) is 6.92 Å². The van der Waals surface area contributed by atoms with Crippen molar-refractivity contribution in [1.29, 1.82) is 0 Å². The number of allylic oxidation sites excluding steroid dienone is 1. The standard InChI is InChI=1S/C30H34ClN7O3S/c1-17(2)30-36-27(22-12-13-26(34-18(22)3)37-42(39,40)25-7-5-4-6-23(25)31)28-29(32)33-14-24(38(28)30)19-8-10-20(11-9-19)35-21-15-41-16-21/h4-8,12-14,17,20-21,35H,9-11,15-16H2,1-3H3,(H2,32,33)(H,34,37)/t20-/m1/s1. The molecule has 0 spiro atoms. The molecule has 4 N–H and O–H groups in total. The van der Waals surface area contributed by atoms with Crippen molar-refractivity contribution >= 4 is 44.3 Å². The third kappa shape index (κ3) is 5.37. The number of pyridine rings is 1. The molecule has 1 aliphatic carbocycles. The van der Waals surface area contributed by atoms with Crippen molar-refractivity contribution in [3.8, 4) is 11.3 Å². The Morgan fingerprint density at radius 3 is 2.55 bits per heavy atom. The van der Waals surface area contributed by atoms with Gasteiger partial charge in [0.1, 0.15) is 33.6 Å². The number of aryl methyl sites for hydroxylation is 1. The van der Waals surface area contributed by atoms with Gasteiger partial charge in [0.15, 0.2) is 0 Å². The molecule has 1 aliphatic heterocycles. The highest BCUT2D eigenvalue weighted by Gasteiger charge is 2.27. The average Bonchev–Trinajstić information content (AvgIpc) is 3.33. The summed E-state index contributed by atoms with van der Waals surface area (Å²) in [6.45, 7) is 7.60. The van der Waals surface area contributed by atoms with E-state index in [1.165, 1.54) is 17.7 Å². The summed E-state index contributed by atoms with van der Waals surface area (Å²) in [7, 11) is -3.93. The van der Waals surface area contributed by atoms with E-state index in [0.29, 0.717) is 29.3 Å². The average molecular weight is 608 g/mol. The molecule has 220 valence electrons. The number of hydrogen-bond acceptors (Lipinski definition) is 8. The number of nitrogens with zero attached hydrogens (tertiary/aromatic N) is 4. The highest BCUT2D eigenvalue weighted by molar-refractivity contribution is 7.92. The first kappa shape index (κ1) is 28.6. The molecule has 6 rings (SSSR count). The van der Waals surface area contributed by atoms with Gasteiger partial charge in [0.05, 0.1) is 36.2 Å². The topological polar surface area (TPSA) is 137 Å². The number of nitrogens with two attached hydrogens (primary N) is 1. The molecule has 1 aromatic carbocycles. The van der Waals surface area contributed by atoms with E-state index in [-0.39, 0.29) is 21.7 Å². The van der Waals surface area contributed by atoms with Gasteiger partial charge in [0.25, 0.3) is 10.0 Å². The van der Waals surface area contributed by atoms with Gasteiger partial charge in [-0.05, 0) is 56.0 Å². The number of aromatic nitrogens is 4. The van der Waals surface area contributed by atoms with Crippen molar-refractivity contribution in [2.75, 3.05) is 23.7 Å². The second kappa shape index (κ2) is 11.3. The van der Waals surface area contributed by atoms with Crippen LogP contribution in [0.15, 0.2) is 53.6 Å². The zero-order valence-electron chi connectivity index (χ0n) is 23.8. The van der Waals surface area contributed by atoms with Gasteiger partial charge in [-0.25, -0.2) is 23.4 Å². The van der Waals surface area contributed by atoms with Gasteiger partial charge in [-0.3, -0.25) is 9.12 Å². The quantitative estimate of drug-likeness (QED) is 0.249. The number of imidazole rings is 1. The Hall–Kier alpha value is -3.51. The lowest BCUT2D eigenvalue weighted by Gasteiger charge is -2.33. The van der Waals surface area contributed by atoms with Gasteiger partial charge in [0.2, 0.25) is 0 Å². The van der Waals surface area contributed by atoms with E-state index in [1.807, 2.05) is 19.2 Å². The van der Waals surface area contributed by atoms with Crippen molar-refractivity contribution in [1.82, 2.24) is 24.7 Å². The lowest BCUT2D eigenvalue weighted by Crippen LogP contribution is -2.50.